The molecule has 2 N–H and O–H groups in total. The van der Waals surface area contributed by atoms with E-state index in [0.29, 0.717) is 6.54 Å². The quantitative estimate of drug-likeness (QED) is 0.822. The van der Waals surface area contributed by atoms with Gasteiger partial charge in [0, 0.05) is 30.2 Å². The summed E-state index contributed by atoms with van der Waals surface area (Å²) in [5, 5.41) is 12.6. The summed E-state index contributed by atoms with van der Waals surface area (Å²) < 4.78 is 0.889. The molecule has 0 bridgehead atoms. The molecule has 1 unspecified atom stereocenters. The summed E-state index contributed by atoms with van der Waals surface area (Å²) in [6.07, 6.45) is 0.281. The first-order valence-electron chi connectivity index (χ1n) is 6.11. The van der Waals surface area contributed by atoms with Crippen molar-refractivity contribution in [3.63, 3.8) is 0 Å². The normalized spacial score (nSPS) is 15.3. The van der Waals surface area contributed by atoms with Crippen LogP contribution in [-0.2, 0) is 11.2 Å². The van der Waals surface area contributed by atoms with E-state index in [4.69, 9.17) is 11.6 Å². The first kappa shape index (κ1) is 14.6. The summed E-state index contributed by atoms with van der Waals surface area (Å²) in [4.78, 5) is 13.3. The molecule has 4 nitrogen and oxygen atoms in total. The molecule has 1 amide bonds. The standard InChI is InChI=1S/C13H16BrClN2O2/c1-8(18)17-3-2-9-4-10(5-12(14)13(9)17)16-7-11(19)6-15/h4-5,11,16,19H,2-3,6-7H2,1H3. The maximum atomic E-state index is 11.5. The molecule has 1 aliphatic rings. The fourth-order valence-corrected chi connectivity index (χ4v) is 3.02. The highest BCUT2D eigenvalue weighted by Crippen LogP contribution is 2.38. The molecule has 0 aliphatic carbocycles. The third-order valence-electron chi connectivity index (χ3n) is 3.12. The molecule has 0 fully saturated rings. The van der Waals surface area contributed by atoms with Crippen molar-refractivity contribution < 1.29 is 9.90 Å². The molecule has 1 aromatic carbocycles. The van der Waals surface area contributed by atoms with Crippen LogP contribution in [0.15, 0.2) is 16.6 Å². The van der Waals surface area contributed by atoms with Crippen molar-refractivity contribution in [3.8, 4) is 0 Å². The van der Waals surface area contributed by atoms with E-state index in [-0.39, 0.29) is 11.8 Å². The second-order valence-corrected chi connectivity index (χ2v) is 5.74. The molecular weight excluding hydrogens is 332 g/mol. The monoisotopic (exact) mass is 346 g/mol. The molecular formula is C13H16BrClN2O2. The van der Waals surface area contributed by atoms with E-state index in [9.17, 15) is 9.90 Å². The topological polar surface area (TPSA) is 52.6 Å². The number of anilines is 2. The number of aliphatic hydroxyl groups excluding tert-OH is 1. The Labute approximate surface area is 125 Å². The molecule has 0 saturated carbocycles. The van der Waals surface area contributed by atoms with Crippen LogP contribution in [0.25, 0.3) is 0 Å². The highest BCUT2D eigenvalue weighted by atomic mass is 79.9. The third-order valence-corrected chi connectivity index (χ3v) is 4.08. The van der Waals surface area contributed by atoms with E-state index >= 15 is 0 Å². The number of hydrogen-bond donors (Lipinski definition) is 2. The van der Waals surface area contributed by atoms with Crippen molar-refractivity contribution in [2.45, 2.75) is 19.4 Å². The second-order valence-electron chi connectivity index (χ2n) is 4.58. The van der Waals surface area contributed by atoms with Crippen LogP contribution in [0.5, 0.6) is 0 Å². The molecule has 0 saturated heterocycles. The maximum absolute atomic E-state index is 11.5. The van der Waals surface area contributed by atoms with Crippen LogP contribution in [-0.4, -0.2) is 36.1 Å². The summed E-state index contributed by atoms with van der Waals surface area (Å²) >= 11 is 9.06. The summed E-state index contributed by atoms with van der Waals surface area (Å²) in [6.45, 7) is 2.70. The molecule has 1 aromatic rings. The lowest BCUT2D eigenvalue weighted by Crippen LogP contribution is -2.26. The maximum Gasteiger partial charge on any atom is 0.223 e. The molecule has 104 valence electrons. The van der Waals surface area contributed by atoms with Gasteiger partial charge in [-0.2, -0.15) is 0 Å². The number of amides is 1. The van der Waals surface area contributed by atoms with Crippen molar-refractivity contribution in [3.05, 3.63) is 22.2 Å². The first-order valence-corrected chi connectivity index (χ1v) is 7.44. The largest absolute Gasteiger partial charge is 0.390 e. The fourth-order valence-electron chi connectivity index (χ4n) is 2.20. The van der Waals surface area contributed by atoms with Crippen molar-refractivity contribution in [1.82, 2.24) is 0 Å². The van der Waals surface area contributed by atoms with Crippen LogP contribution in [0, 0.1) is 0 Å². The lowest BCUT2D eigenvalue weighted by atomic mass is 10.1. The average molecular weight is 348 g/mol. The second kappa shape index (κ2) is 6.11. The van der Waals surface area contributed by atoms with Crippen LogP contribution >= 0.6 is 27.5 Å². The average Bonchev–Trinajstić information content (AvgIpc) is 2.80. The van der Waals surface area contributed by atoms with Gasteiger partial charge in [0.2, 0.25) is 5.91 Å². The Morgan fingerprint density at radius 1 is 1.63 bits per heavy atom. The highest BCUT2D eigenvalue weighted by molar-refractivity contribution is 9.10. The lowest BCUT2D eigenvalue weighted by Gasteiger charge is -2.18. The Morgan fingerprint density at radius 2 is 2.37 bits per heavy atom. The number of nitrogens with one attached hydrogen (secondary N) is 1. The van der Waals surface area contributed by atoms with Crippen LogP contribution in [0.3, 0.4) is 0 Å². The summed E-state index contributed by atoms with van der Waals surface area (Å²) in [7, 11) is 0. The van der Waals surface area contributed by atoms with Gasteiger partial charge < -0.3 is 15.3 Å². The van der Waals surface area contributed by atoms with Gasteiger partial charge in [-0.05, 0) is 40.0 Å². The Balaban J connectivity index is 2.19. The Morgan fingerprint density at radius 3 is 3.00 bits per heavy atom. The van der Waals surface area contributed by atoms with Gasteiger partial charge in [0.1, 0.15) is 0 Å². The van der Waals surface area contributed by atoms with Crippen LogP contribution in [0.2, 0.25) is 0 Å². The SMILES string of the molecule is CC(=O)N1CCc2cc(NCC(O)CCl)cc(Br)c21. The molecule has 2 rings (SSSR count). The van der Waals surface area contributed by atoms with Crippen LogP contribution in [0.4, 0.5) is 11.4 Å². The van der Waals surface area contributed by atoms with Crippen molar-refractivity contribution in [2.75, 3.05) is 29.2 Å². The number of carbonyl (C=O) groups is 1. The van der Waals surface area contributed by atoms with Gasteiger partial charge in [-0.15, -0.1) is 11.6 Å². The van der Waals surface area contributed by atoms with E-state index in [1.807, 2.05) is 12.1 Å². The number of fused-ring (bicyclic) bond motifs is 1. The van der Waals surface area contributed by atoms with Gasteiger partial charge >= 0.3 is 0 Å². The van der Waals surface area contributed by atoms with Gasteiger partial charge in [0.15, 0.2) is 0 Å². The number of benzene rings is 1. The zero-order valence-electron chi connectivity index (χ0n) is 10.6. The molecule has 1 heterocycles. The minimum Gasteiger partial charge on any atom is -0.390 e. The van der Waals surface area contributed by atoms with E-state index in [2.05, 4.69) is 21.2 Å². The number of nitrogens with zero attached hydrogens (tertiary/aromatic N) is 1. The Hall–Kier alpha value is -0.780. The fraction of sp³-hybridized carbons (Fsp3) is 0.462. The number of halogens is 2. The zero-order chi connectivity index (χ0) is 14.0. The molecule has 0 radical (unpaired) electrons. The number of alkyl halides is 1. The molecule has 19 heavy (non-hydrogen) atoms. The van der Waals surface area contributed by atoms with E-state index in [1.54, 1.807) is 11.8 Å². The highest BCUT2D eigenvalue weighted by Gasteiger charge is 2.25. The van der Waals surface area contributed by atoms with Gasteiger partial charge in [0.25, 0.3) is 0 Å². The van der Waals surface area contributed by atoms with E-state index in [1.165, 1.54) is 0 Å². The zero-order valence-corrected chi connectivity index (χ0v) is 13.0. The molecule has 0 aromatic heterocycles. The molecule has 6 heteroatoms. The summed E-state index contributed by atoms with van der Waals surface area (Å²) in [5.74, 6) is 0.259. The predicted octanol–water partition coefficient (Wildman–Crippen LogP) is 2.37. The van der Waals surface area contributed by atoms with Gasteiger partial charge in [-0.1, -0.05) is 0 Å². The summed E-state index contributed by atoms with van der Waals surface area (Å²) in [6, 6.07) is 3.94. The number of hydrogen-bond acceptors (Lipinski definition) is 3. The van der Waals surface area contributed by atoms with Gasteiger partial charge in [-0.25, -0.2) is 0 Å². The third kappa shape index (κ3) is 3.22. The van der Waals surface area contributed by atoms with Crippen LogP contribution < -0.4 is 10.2 Å². The van der Waals surface area contributed by atoms with Gasteiger partial charge in [0.05, 0.1) is 17.7 Å². The minimum absolute atomic E-state index is 0.0534. The first-order chi connectivity index (χ1) is 9.02. The van der Waals surface area contributed by atoms with E-state index < -0.39 is 6.10 Å². The summed E-state index contributed by atoms with van der Waals surface area (Å²) in [5.41, 5.74) is 3.00. The Bertz CT molecular complexity index is 496. The smallest absolute Gasteiger partial charge is 0.223 e. The van der Waals surface area contributed by atoms with Crippen LogP contribution in [0.1, 0.15) is 12.5 Å². The van der Waals surface area contributed by atoms with Crippen molar-refractivity contribution >= 4 is 44.8 Å². The van der Waals surface area contributed by atoms with Crippen molar-refractivity contribution in [2.24, 2.45) is 0 Å². The minimum atomic E-state index is -0.567. The molecule has 1 aliphatic heterocycles. The number of rotatable bonds is 4. The number of aliphatic hydroxyl groups is 1. The van der Waals surface area contributed by atoms with Crippen molar-refractivity contribution in [1.29, 1.82) is 0 Å². The lowest BCUT2D eigenvalue weighted by molar-refractivity contribution is -0.116. The Kier molecular flexibility index (Phi) is 4.71. The van der Waals surface area contributed by atoms with Gasteiger partial charge in [-0.3, -0.25) is 4.79 Å². The van der Waals surface area contributed by atoms with E-state index in [0.717, 1.165) is 34.4 Å². The predicted molar refractivity (Wildman–Crippen MR) is 81.1 cm³/mol. The number of carbonyl (C=O) groups excluding carboxylic acids is 1. The molecule has 1 atom stereocenters. The molecule has 0 spiro atoms.